The first-order valence-corrected chi connectivity index (χ1v) is 9.42. The first-order chi connectivity index (χ1) is 14.5. The van der Waals surface area contributed by atoms with E-state index in [0.29, 0.717) is 23.7 Å². The first-order valence-electron chi connectivity index (χ1n) is 9.42. The average molecular weight is 408 g/mol. The molecule has 0 bridgehead atoms. The Labute approximate surface area is 172 Å². The molecule has 0 N–H and O–H groups in total. The van der Waals surface area contributed by atoms with E-state index in [2.05, 4.69) is 0 Å². The molecule has 1 heterocycles. The van der Waals surface area contributed by atoms with Crippen molar-refractivity contribution in [3.8, 4) is 17.2 Å². The minimum Gasteiger partial charge on any atom is -0.494 e. The molecule has 30 heavy (non-hydrogen) atoms. The molecule has 3 aromatic carbocycles. The highest BCUT2D eigenvalue weighted by molar-refractivity contribution is 6.14. The largest absolute Gasteiger partial charge is 0.494 e. The van der Waals surface area contributed by atoms with Gasteiger partial charge in [0.15, 0.2) is 5.76 Å². The van der Waals surface area contributed by atoms with E-state index in [-0.39, 0.29) is 23.7 Å². The molecule has 0 amide bonds. The molecule has 1 aliphatic rings. The van der Waals surface area contributed by atoms with Gasteiger partial charge in [0.2, 0.25) is 5.78 Å². The number of halogens is 2. The summed E-state index contributed by atoms with van der Waals surface area (Å²) in [7, 11) is 0. The number of fused-ring (bicyclic) bond motifs is 1. The Morgan fingerprint density at radius 3 is 2.33 bits per heavy atom. The Balaban J connectivity index is 1.49. The Morgan fingerprint density at radius 1 is 0.933 bits per heavy atom. The van der Waals surface area contributed by atoms with Gasteiger partial charge in [0.1, 0.15) is 35.5 Å². The van der Waals surface area contributed by atoms with Crippen LogP contribution >= 0.6 is 0 Å². The molecule has 0 unspecified atom stereocenters. The van der Waals surface area contributed by atoms with E-state index in [4.69, 9.17) is 14.2 Å². The molecular weight excluding hydrogens is 390 g/mol. The third kappa shape index (κ3) is 4.03. The number of carbonyl (C=O) groups excluding carboxylic acids is 1. The number of allylic oxidation sites excluding steroid dienone is 1. The highest BCUT2D eigenvalue weighted by atomic mass is 19.1. The van der Waals surface area contributed by atoms with Crippen LogP contribution < -0.4 is 14.2 Å². The second kappa shape index (κ2) is 8.37. The fraction of sp³-hybridized carbons (Fsp3) is 0.125. The lowest BCUT2D eigenvalue weighted by Crippen LogP contribution is -2.01. The molecule has 4 nitrogen and oxygen atoms in total. The molecule has 0 aromatic heterocycles. The van der Waals surface area contributed by atoms with Crippen LogP contribution in [0.2, 0.25) is 0 Å². The summed E-state index contributed by atoms with van der Waals surface area (Å²) in [5.41, 5.74) is 1.03. The van der Waals surface area contributed by atoms with Crippen LogP contribution in [0.4, 0.5) is 8.78 Å². The van der Waals surface area contributed by atoms with Crippen molar-refractivity contribution in [3.05, 3.63) is 94.7 Å². The summed E-state index contributed by atoms with van der Waals surface area (Å²) in [6.45, 7) is 2.20. The molecule has 152 valence electrons. The molecule has 0 spiro atoms. The first kappa shape index (κ1) is 19.6. The van der Waals surface area contributed by atoms with E-state index in [1.165, 1.54) is 24.3 Å². The number of benzene rings is 3. The molecule has 0 saturated carbocycles. The van der Waals surface area contributed by atoms with Crippen LogP contribution in [0.25, 0.3) is 6.08 Å². The van der Waals surface area contributed by atoms with Gasteiger partial charge in [-0.1, -0.05) is 18.2 Å². The average Bonchev–Trinajstić information content (AvgIpc) is 3.04. The number of rotatable bonds is 6. The molecular formula is C24H18F2O4. The van der Waals surface area contributed by atoms with Gasteiger partial charge in [-0.25, -0.2) is 8.78 Å². The molecule has 0 atom stereocenters. The summed E-state index contributed by atoms with van der Waals surface area (Å²) in [6.07, 6.45) is 1.65. The molecule has 0 aliphatic carbocycles. The van der Waals surface area contributed by atoms with Crippen LogP contribution in [-0.2, 0) is 6.61 Å². The van der Waals surface area contributed by atoms with Crippen molar-refractivity contribution in [2.24, 2.45) is 0 Å². The number of Topliss-reactive ketones (excluding diaryl/α,β-unsaturated/α-hetero) is 1. The zero-order chi connectivity index (χ0) is 21.1. The van der Waals surface area contributed by atoms with E-state index in [1.807, 2.05) is 31.2 Å². The zero-order valence-corrected chi connectivity index (χ0v) is 16.2. The van der Waals surface area contributed by atoms with Crippen LogP contribution in [0.1, 0.15) is 28.4 Å². The third-order valence-corrected chi connectivity index (χ3v) is 4.58. The molecule has 0 saturated heterocycles. The van der Waals surface area contributed by atoms with E-state index in [1.54, 1.807) is 18.2 Å². The second-order valence-corrected chi connectivity index (χ2v) is 6.59. The predicted octanol–water partition coefficient (Wildman–Crippen LogP) is 5.56. The van der Waals surface area contributed by atoms with Crippen molar-refractivity contribution in [2.75, 3.05) is 6.61 Å². The Bertz CT molecular complexity index is 1100. The molecule has 3 aromatic rings. The molecule has 4 rings (SSSR count). The van der Waals surface area contributed by atoms with Gasteiger partial charge in [0, 0.05) is 6.07 Å². The smallest absolute Gasteiger partial charge is 0.231 e. The van der Waals surface area contributed by atoms with Gasteiger partial charge in [0.25, 0.3) is 0 Å². The van der Waals surface area contributed by atoms with Crippen LogP contribution in [0.15, 0.2) is 66.4 Å². The van der Waals surface area contributed by atoms with Gasteiger partial charge >= 0.3 is 0 Å². The standard InChI is InChI=1S/C24H18F2O4/c1-2-28-16-8-6-15(7-9-16)12-23-24(27)18-11-10-17(13-22(18)30-23)29-14-19-20(25)4-3-5-21(19)26/h3-13H,2,14H2,1H3/b23-12-. The van der Waals surface area contributed by atoms with Crippen molar-refractivity contribution in [1.29, 1.82) is 0 Å². The number of hydrogen-bond donors (Lipinski definition) is 0. The summed E-state index contributed by atoms with van der Waals surface area (Å²) >= 11 is 0. The number of ketones is 1. The molecule has 0 radical (unpaired) electrons. The van der Waals surface area contributed by atoms with Gasteiger partial charge in [0.05, 0.1) is 17.7 Å². The SMILES string of the molecule is CCOc1ccc(/C=C2\Oc3cc(OCc4c(F)cccc4F)ccc3C2=O)cc1. The maximum atomic E-state index is 13.7. The van der Waals surface area contributed by atoms with E-state index < -0.39 is 11.6 Å². The Kier molecular flexibility index (Phi) is 5.48. The maximum Gasteiger partial charge on any atom is 0.231 e. The summed E-state index contributed by atoms with van der Waals surface area (Å²) in [5, 5.41) is 0. The summed E-state index contributed by atoms with van der Waals surface area (Å²) in [4.78, 5) is 12.6. The highest BCUT2D eigenvalue weighted by Crippen LogP contribution is 2.35. The third-order valence-electron chi connectivity index (χ3n) is 4.58. The van der Waals surface area contributed by atoms with Crippen LogP contribution in [0, 0.1) is 11.6 Å². The lowest BCUT2D eigenvalue weighted by Gasteiger charge is -2.09. The Morgan fingerprint density at radius 2 is 1.63 bits per heavy atom. The fourth-order valence-corrected chi connectivity index (χ4v) is 3.06. The summed E-state index contributed by atoms with van der Waals surface area (Å²) < 4.78 is 44.1. The quantitative estimate of drug-likeness (QED) is 0.501. The minimum absolute atomic E-state index is 0.161. The van der Waals surface area contributed by atoms with E-state index in [0.717, 1.165) is 11.3 Å². The fourth-order valence-electron chi connectivity index (χ4n) is 3.06. The summed E-state index contributed by atoms with van der Waals surface area (Å²) in [6, 6.07) is 15.6. The van der Waals surface area contributed by atoms with Crippen LogP contribution in [-0.4, -0.2) is 12.4 Å². The van der Waals surface area contributed by atoms with E-state index >= 15 is 0 Å². The van der Waals surface area contributed by atoms with Crippen molar-refractivity contribution >= 4 is 11.9 Å². The number of carbonyl (C=O) groups is 1. The zero-order valence-electron chi connectivity index (χ0n) is 16.2. The van der Waals surface area contributed by atoms with Gasteiger partial charge in [-0.3, -0.25) is 4.79 Å². The lowest BCUT2D eigenvalue weighted by atomic mass is 10.1. The number of hydrogen-bond acceptors (Lipinski definition) is 4. The molecule has 1 aliphatic heterocycles. The normalized spacial score (nSPS) is 13.8. The minimum atomic E-state index is -0.678. The van der Waals surface area contributed by atoms with E-state index in [9.17, 15) is 13.6 Å². The van der Waals surface area contributed by atoms with Crippen molar-refractivity contribution in [1.82, 2.24) is 0 Å². The van der Waals surface area contributed by atoms with Gasteiger partial charge in [-0.05, 0) is 55.0 Å². The van der Waals surface area contributed by atoms with Gasteiger partial charge in [-0.2, -0.15) is 0 Å². The monoisotopic (exact) mass is 408 g/mol. The lowest BCUT2D eigenvalue weighted by molar-refractivity contribution is 0.101. The van der Waals surface area contributed by atoms with Gasteiger partial charge < -0.3 is 14.2 Å². The molecule has 0 fully saturated rings. The second-order valence-electron chi connectivity index (χ2n) is 6.59. The summed E-state index contributed by atoms with van der Waals surface area (Å²) in [5.74, 6) is 0.00765. The Hall–Kier alpha value is -3.67. The van der Waals surface area contributed by atoms with Crippen molar-refractivity contribution in [2.45, 2.75) is 13.5 Å². The number of ether oxygens (including phenoxy) is 3. The highest BCUT2D eigenvalue weighted by Gasteiger charge is 2.27. The van der Waals surface area contributed by atoms with Gasteiger partial charge in [-0.15, -0.1) is 0 Å². The molecule has 6 heteroatoms. The maximum absolute atomic E-state index is 13.7. The topological polar surface area (TPSA) is 44.8 Å². The van der Waals surface area contributed by atoms with Crippen LogP contribution in [0.5, 0.6) is 17.2 Å². The van der Waals surface area contributed by atoms with Crippen molar-refractivity contribution < 1.29 is 27.8 Å². The van der Waals surface area contributed by atoms with Crippen molar-refractivity contribution in [3.63, 3.8) is 0 Å². The predicted molar refractivity (Wildman–Crippen MR) is 108 cm³/mol. The van der Waals surface area contributed by atoms with Crippen LogP contribution in [0.3, 0.4) is 0 Å².